The Balaban J connectivity index is 1.53. The Hall–Kier alpha value is -1.41. The molecule has 0 aromatic carbocycles. The van der Waals surface area contributed by atoms with E-state index >= 15 is 0 Å². The van der Waals surface area contributed by atoms with E-state index in [0.29, 0.717) is 18.3 Å². The number of thioether (sulfide) groups is 1. The molecule has 0 atom stereocenters. The van der Waals surface area contributed by atoms with Crippen molar-refractivity contribution in [1.29, 1.82) is 0 Å². The van der Waals surface area contributed by atoms with Crippen LogP contribution in [-0.2, 0) is 11.3 Å². The molecule has 1 amide bonds. The summed E-state index contributed by atoms with van der Waals surface area (Å²) in [5.74, 6) is 0.465. The Kier molecular flexibility index (Phi) is 5.66. The molecule has 0 saturated heterocycles. The molecule has 8 heteroatoms. The van der Waals surface area contributed by atoms with Crippen molar-refractivity contribution in [1.82, 2.24) is 25.1 Å². The molecule has 1 aliphatic rings. The van der Waals surface area contributed by atoms with Gasteiger partial charge in [-0.25, -0.2) is 4.68 Å². The molecule has 0 unspecified atom stereocenters. The van der Waals surface area contributed by atoms with Gasteiger partial charge in [0.05, 0.1) is 11.8 Å². The molecule has 1 saturated carbocycles. The number of tetrazole rings is 1. The van der Waals surface area contributed by atoms with Gasteiger partial charge in [-0.05, 0) is 45.7 Å². The van der Waals surface area contributed by atoms with Gasteiger partial charge in [-0.3, -0.25) is 4.79 Å². The van der Waals surface area contributed by atoms with E-state index in [9.17, 15) is 4.79 Å². The molecule has 0 aliphatic heterocycles. The number of carbonyl (C=O) groups is 1. The number of aromatic nitrogens is 4. The van der Waals surface area contributed by atoms with Gasteiger partial charge >= 0.3 is 0 Å². The quantitative estimate of drug-likeness (QED) is 0.749. The highest BCUT2D eigenvalue weighted by molar-refractivity contribution is 7.99. The number of thiophene rings is 1. The maximum atomic E-state index is 12.3. The molecule has 2 aromatic rings. The molecule has 2 aromatic heterocycles. The van der Waals surface area contributed by atoms with E-state index in [4.69, 9.17) is 0 Å². The fraction of sp³-hybridized carbons (Fsp3) is 0.600. The molecule has 0 N–H and O–H groups in total. The van der Waals surface area contributed by atoms with E-state index in [1.807, 2.05) is 23.2 Å². The first-order valence-corrected chi connectivity index (χ1v) is 9.82. The van der Waals surface area contributed by atoms with Crippen LogP contribution in [0.3, 0.4) is 0 Å². The van der Waals surface area contributed by atoms with Gasteiger partial charge < -0.3 is 4.90 Å². The van der Waals surface area contributed by atoms with Gasteiger partial charge in [0.1, 0.15) is 0 Å². The van der Waals surface area contributed by atoms with Crippen LogP contribution in [0.1, 0.15) is 43.7 Å². The van der Waals surface area contributed by atoms with Crippen molar-refractivity contribution in [3.8, 4) is 0 Å². The Labute approximate surface area is 144 Å². The highest BCUT2D eigenvalue weighted by atomic mass is 32.2. The zero-order chi connectivity index (χ0) is 16.1. The van der Waals surface area contributed by atoms with E-state index in [0.717, 1.165) is 18.0 Å². The monoisotopic (exact) mass is 351 g/mol. The van der Waals surface area contributed by atoms with Crippen molar-refractivity contribution in [3.05, 3.63) is 22.4 Å². The summed E-state index contributed by atoms with van der Waals surface area (Å²) in [5, 5.41) is 16.9. The average molecular weight is 352 g/mol. The van der Waals surface area contributed by atoms with E-state index in [1.165, 1.54) is 36.6 Å². The number of carbonyl (C=O) groups excluding carboxylic acids is 1. The lowest BCUT2D eigenvalue weighted by Gasteiger charge is -2.22. The van der Waals surface area contributed by atoms with Crippen LogP contribution in [0.2, 0.25) is 0 Å². The lowest BCUT2D eigenvalue weighted by molar-refractivity contribution is -0.127. The molecule has 6 nitrogen and oxygen atoms in total. The molecule has 2 heterocycles. The van der Waals surface area contributed by atoms with E-state index < -0.39 is 0 Å². The van der Waals surface area contributed by atoms with Gasteiger partial charge in [0, 0.05) is 13.6 Å². The van der Waals surface area contributed by atoms with Gasteiger partial charge in [0.2, 0.25) is 11.1 Å². The minimum absolute atomic E-state index is 0.0967. The second kappa shape index (κ2) is 7.92. The second-order valence-electron chi connectivity index (χ2n) is 5.87. The molecule has 0 spiro atoms. The van der Waals surface area contributed by atoms with Crippen molar-refractivity contribution in [3.63, 3.8) is 0 Å². The fourth-order valence-corrected chi connectivity index (χ4v) is 4.36. The van der Waals surface area contributed by atoms with Crippen LogP contribution >= 0.6 is 23.1 Å². The summed E-state index contributed by atoms with van der Waals surface area (Å²) in [4.78, 5) is 14.0. The zero-order valence-electron chi connectivity index (χ0n) is 13.2. The summed E-state index contributed by atoms with van der Waals surface area (Å²) in [5.41, 5.74) is 1.17. The van der Waals surface area contributed by atoms with Crippen molar-refractivity contribution in [2.75, 3.05) is 12.8 Å². The SMILES string of the molecule is CN(Cc1ccsc1)C(=O)CSc1nnnn1C1CCCCC1. The van der Waals surface area contributed by atoms with Crippen LogP contribution in [0.25, 0.3) is 0 Å². The molecule has 1 aliphatic carbocycles. The zero-order valence-corrected chi connectivity index (χ0v) is 14.9. The van der Waals surface area contributed by atoms with Crippen molar-refractivity contribution in [2.24, 2.45) is 0 Å². The van der Waals surface area contributed by atoms with Crippen molar-refractivity contribution in [2.45, 2.75) is 49.8 Å². The molecule has 23 heavy (non-hydrogen) atoms. The van der Waals surface area contributed by atoms with Crippen LogP contribution in [0.5, 0.6) is 0 Å². The summed E-state index contributed by atoms with van der Waals surface area (Å²) in [6, 6.07) is 2.44. The minimum Gasteiger partial charge on any atom is -0.341 e. The summed E-state index contributed by atoms with van der Waals surface area (Å²) in [6.45, 7) is 0.649. The van der Waals surface area contributed by atoms with Crippen LogP contribution in [0, 0.1) is 0 Å². The highest BCUT2D eigenvalue weighted by Crippen LogP contribution is 2.30. The van der Waals surface area contributed by atoms with E-state index in [1.54, 1.807) is 16.2 Å². The van der Waals surface area contributed by atoms with Crippen LogP contribution in [-0.4, -0.2) is 43.8 Å². The van der Waals surface area contributed by atoms with E-state index in [-0.39, 0.29) is 5.91 Å². The molecule has 124 valence electrons. The number of nitrogens with zero attached hydrogens (tertiary/aromatic N) is 5. The summed E-state index contributed by atoms with van der Waals surface area (Å²) in [6.07, 6.45) is 6.02. The molecule has 1 fully saturated rings. The van der Waals surface area contributed by atoms with Crippen molar-refractivity contribution >= 4 is 29.0 Å². The van der Waals surface area contributed by atoms with Crippen LogP contribution in [0.15, 0.2) is 22.0 Å². The normalized spacial score (nSPS) is 15.7. The summed E-state index contributed by atoms with van der Waals surface area (Å²) in [7, 11) is 1.84. The van der Waals surface area contributed by atoms with Gasteiger partial charge in [-0.2, -0.15) is 11.3 Å². The number of hydrogen-bond donors (Lipinski definition) is 0. The first-order valence-electron chi connectivity index (χ1n) is 7.90. The Morgan fingerprint density at radius 2 is 2.26 bits per heavy atom. The van der Waals surface area contributed by atoms with Gasteiger partial charge in [-0.1, -0.05) is 31.0 Å². The molecule has 0 bridgehead atoms. The maximum absolute atomic E-state index is 12.3. The lowest BCUT2D eigenvalue weighted by atomic mass is 9.96. The van der Waals surface area contributed by atoms with Gasteiger partial charge in [-0.15, -0.1) is 5.10 Å². The Morgan fingerprint density at radius 1 is 1.43 bits per heavy atom. The van der Waals surface area contributed by atoms with E-state index in [2.05, 4.69) is 20.9 Å². The second-order valence-corrected chi connectivity index (χ2v) is 7.59. The molecule has 3 rings (SSSR count). The number of rotatable bonds is 6. The predicted molar refractivity (Wildman–Crippen MR) is 91.5 cm³/mol. The summed E-state index contributed by atoms with van der Waals surface area (Å²) < 4.78 is 1.91. The third-order valence-corrected chi connectivity index (χ3v) is 5.78. The van der Waals surface area contributed by atoms with Crippen LogP contribution in [0.4, 0.5) is 0 Å². The Bertz CT molecular complexity index is 622. The fourth-order valence-electron chi connectivity index (χ4n) is 2.82. The lowest BCUT2D eigenvalue weighted by Crippen LogP contribution is -2.27. The average Bonchev–Trinajstić information content (AvgIpc) is 3.24. The van der Waals surface area contributed by atoms with Gasteiger partial charge in [0.25, 0.3) is 0 Å². The minimum atomic E-state index is 0.0967. The first-order chi connectivity index (χ1) is 11.2. The first kappa shape index (κ1) is 16.4. The Morgan fingerprint density at radius 3 is 3.00 bits per heavy atom. The molecule has 0 radical (unpaired) electrons. The molecular weight excluding hydrogens is 330 g/mol. The predicted octanol–water partition coefficient (Wildman–Crippen LogP) is 2.99. The van der Waals surface area contributed by atoms with Gasteiger partial charge in [0.15, 0.2) is 0 Å². The topological polar surface area (TPSA) is 63.9 Å². The molecular formula is C15H21N5OS2. The third kappa shape index (κ3) is 4.32. The standard InChI is InChI=1S/C15H21N5OS2/c1-19(9-12-7-8-22-10-12)14(21)11-23-15-16-17-18-20(15)13-5-3-2-4-6-13/h7-8,10,13H,2-6,9,11H2,1H3. The maximum Gasteiger partial charge on any atom is 0.233 e. The van der Waals surface area contributed by atoms with Crippen molar-refractivity contribution < 1.29 is 4.79 Å². The third-order valence-electron chi connectivity index (χ3n) is 4.13. The smallest absolute Gasteiger partial charge is 0.233 e. The summed E-state index contributed by atoms with van der Waals surface area (Å²) >= 11 is 3.08. The van der Waals surface area contributed by atoms with Crippen LogP contribution < -0.4 is 0 Å². The largest absolute Gasteiger partial charge is 0.341 e. The highest BCUT2D eigenvalue weighted by Gasteiger charge is 2.21. The number of amides is 1. The number of hydrogen-bond acceptors (Lipinski definition) is 6.